The molecule has 31 heavy (non-hydrogen) atoms. The van der Waals surface area contributed by atoms with Crippen molar-refractivity contribution in [2.24, 2.45) is 5.92 Å². The van der Waals surface area contributed by atoms with Gasteiger partial charge in [0, 0.05) is 55.4 Å². The van der Waals surface area contributed by atoms with Gasteiger partial charge in [0.05, 0.1) is 6.42 Å². The van der Waals surface area contributed by atoms with Crippen molar-refractivity contribution in [3.8, 4) is 11.1 Å². The lowest BCUT2D eigenvalue weighted by atomic mass is 9.84. The highest BCUT2D eigenvalue weighted by Crippen LogP contribution is 2.26. The molecule has 1 aromatic carbocycles. The third kappa shape index (κ3) is 5.85. The number of nitrogens with zero attached hydrogens (tertiary/aromatic N) is 3. The molecular formula is C26H36N4O. The Morgan fingerprint density at radius 3 is 2.32 bits per heavy atom. The fraction of sp³-hybridized carbons (Fsp3) is 0.538. The topological polar surface area (TPSA) is 48.5 Å². The number of likely N-dealkylation sites (N-methyl/N-ethyl adjacent to an activating group) is 1. The first-order chi connectivity index (χ1) is 15.1. The zero-order valence-corrected chi connectivity index (χ0v) is 19.0. The van der Waals surface area contributed by atoms with E-state index < -0.39 is 0 Å². The molecule has 0 spiro atoms. The summed E-state index contributed by atoms with van der Waals surface area (Å²) in [7, 11) is 2.18. The van der Waals surface area contributed by atoms with Crippen molar-refractivity contribution in [2.45, 2.75) is 51.5 Å². The summed E-state index contributed by atoms with van der Waals surface area (Å²) in [6, 6.07) is 13.1. The zero-order valence-electron chi connectivity index (χ0n) is 19.0. The standard InChI is InChI=1S/C26H36N4O/c1-20(21-6-4-3-5-7-21)28-26(31)18-24-11-8-23(19-27-24)22-9-12-25(13-10-22)30-16-14-29(2)15-17-30/h8-13,19-21H,3-7,14-18H2,1-2H3,(H,28,31)/t20-/m0/s1. The van der Waals surface area contributed by atoms with E-state index in [1.165, 1.54) is 37.8 Å². The normalized spacial score (nSPS) is 19.2. The highest BCUT2D eigenvalue weighted by Gasteiger charge is 2.21. The summed E-state index contributed by atoms with van der Waals surface area (Å²) in [6.45, 7) is 6.53. The third-order valence-electron chi connectivity index (χ3n) is 6.98. The molecule has 0 radical (unpaired) electrons. The number of amides is 1. The summed E-state index contributed by atoms with van der Waals surface area (Å²) in [6.07, 6.45) is 8.64. The Morgan fingerprint density at radius 1 is 1.00 bits per heavy atom. The number of nitrogens with one attached hydrogen (secondary N) is 1. The number of carbonyl (C=O) groups is 1. The van der Waals surface area contributed by atoms with Gasteiger partial charge in [0.25, 0.3) is 0 Å². The van der Waals surface area contributed by atoms with Gasteiger partial charge >= 0.3 is 0 Å². The van der Waals surface area contributed by atoms with Gasteiger partial charge in [-0.2, -0.15) is 0 Å². The zero-order chi connectivity index (χ0) is 21.6. The van der Waals surface area contributed by atoms with Crippen LogP contribution in [0.3, 0.4) is 0 Å². The lowest BCUT2D eigenvalue weighted by Gasteiger charge is -2.34. The number of rotatable bonds is 6. The van der Waals surface area contributed by atoms with Crippen molar-refractivity contribution >= 4 is 11.6 Å². The molecule has 1 aliphatic carbocycles. The molecular weight excluding hydrogens is 384 g/mol. The van der Waals surface area contributed by atoms with E-state index in [-0.39, 0.29) is 11.9 Å². The Kier molecular flexibility index (Phi) is 7.23. The Morgan fingerprint density at radius 2 is 1.68 bits per heavy atom. The summed E-state index contributed by atoms with van der Waals surface area (Å²) < 4.78 is 0. The Balaban J connectivity index is 1.31. The quantitative estimate of drug-likeness (QED) is 0.763. The number of piperazine rings is 1. The molecule has 4 rings (SSSR count). The first-order valence-electron chi connectivity index (χ1n) is 11.9. The molecule has 2 aliphatic rings. The van der Waals surface area contributed by atoms with Gasteiger partial charge in [-0.05, 0) is 56.5 Å². The van der Waals surface area contributed by atoms with Gasteiger partial charge in [-0.25, -0.2) is 0 Å². The van der Waals surface area contributed by atoms with Crippen LogP contribution in [-0.4, -0.2) is 55.1 Å². The molecule has 1 N–H and O–H groups in total. The molecule has 5 heteroatoms. The van der Waals surface area contributed by atoms with Crippen LogP contribution in [-0.2, 0) is 11.2 Å². The van der Waals surface area contributed by atoms with Crippen LogP contribution in [0.2, 0.25) is 0 Å². The molecule has 1 saturated heterocycles. The van der Waals surface area contributed by atoms with E-state index in [1.807, 2.05) is 12.3 Å². The Hall–Kier alpha value is -2.40. The largest absolute Gasteiger partial charge is 0.369 e. The maximum absolute atomic E-state index is 12.5. The number of benzene rings is 1. The fourth-order valence-electron chi connectivity index (χ4n) is 4.85. The summed E-state index contributed by atoms with van der Waals surface area (Å²) in [5, 5.41) is 3.20. The van der Waals surface area contributed by atoms with Crippen LogP contribution in [0, 0.1) is 5.92 Å². The van der Waals surface area contributed by atoms with E-state index in [0.29, 0.717) is 12.3 Å². The van der Waals surface area contributed by atoms with Crippen LogP contribution in [0.5, 0.6) is 0 Å². The molecule has 166 valence electrons. The lowest BCUT2D eigenvalue weighted by molar-refractivity contribution is -0.121. The Labute approximate surface area is 186 Å². The van der Waals surface area contributed by atoms with E-state index in [1.54, 1.807) is 0 Å². The summed E-state index contributed by atoms with van der Waals surface area (Å²) in [5.41, 5.74) is 4.35. The first kappa shape index (κ1) is 21.8. The molecule has 1 aromatic heterocycles. The number of hydrogen-bond donors (Lipinski definition) is 1. The van der Waals surface area contributed by atoms with Gasteiger partial charge in [0.1, 0.15) is 0 Å². The molecule has 5 nitrogen and oxygen atoms in total. The number of anilines is 1. The van der Waals surface area contributed by atoms with Crippen LogP contribution < -0.4 is 10.2 Å². The first-order valence-corrected chi connectivity index (χ1v) is 11.9. The van der Waals surface area contributed by atoms with Crippen LogP contribution in [0.4, 0.5) is 5.69 Å². The molecule has 0 unspecified atom stereocenters. The monoisotopic (exact) mass is 420 g/mol. The number of aromatic nitrogens is 1. The average Bonchev–Trinajstić information content (AvgIpc) is 2.81. The van der Waals surface area contributed by atoms with Crippen LogP contribution >= 0.6 is 0 Å². The maximum Gasteiger partial charge on any atom is 0.226 e. The molecule has 2 heterocycles. The minimum absolute atomic E-state index is 0.0786. The number of hydrogen-bond acceptors (Lipinski definition) is 4. The minimum Gasteiger partial charge on any atom is -0.369 e. The molecule has 2 aromatic rings. The SMILES string of the molecule is C[C@H](NC(=O)Cc1ccc(-c2ccc(N3CCN(C)CC3)cc2)cn1)C1CCCCC1. The number of carbonyl (C=O) groups excluding carboxylic acids is 1. The second-order valence-corrected chi connectivity index (χ2v) is 9.31. The average molecular weight is 421 g/mol. The summed E-state index contributed by atoms with van der Waals surface area (Å²) >= 11 is 0. The van der Waals surface area contributed by atoms with Crippen molar-refractivity contribution in [1.82, 2.24) is 15.2 Å². The van der Waals surface area contributed by atoms with E-state index >= 15 is 0 Å². The highest BCUT2D eigenvalue weighted by molar-refractivity contribution is 5.78. The second kappa shape index (κ2) is 10.3. The molecule has 1 aliphatic heterocycles. The summed E-state index contributed by atoms with van der Waals surface area (Å²) in [5.74, 6) is 0.705. The lowest BCUT2D eigenvalue weighted by Crippen LogP contribution is -2.44. The molecule has 1 amide bonds. The predicted octanol–water partition coefficient (Wildman–Crippen LogP) is 4.13. The van der Waals surface area contributed by atoms with Crippen LogP contribution in [0.25, 0.3) is 11.1 Å². The predicted molar refractivity (Wildman–Crippen MR) is 127 cm³/mol. The molecule has 0 bridgehead atoms. The smallest absolute Gasteiger partial charge is 0.226 e. The number of pyridine rings is 1. The van der Waals surface area contributed by atoms with Crippen LogP contribution in [0.1, 0.15) is 44.7 Å². The van der Waals surface area contributed by atoms with Crippen molar-refractivity contribution in [3.05, 3.63) is 48.3 Å². The van der Waals surface area contributed by atoms with Gasteiger partial charge in [0.15, 0.2) is 0 Å². The van der Waals surface area contributed by atoms with E-state index in [2.05, 4.69) is 64.4 Å². The van der Waals surface area contributed by atoms with Gasteiger partial charge < -0.3 is 15.1 Å². The van der Waals surface area contributed by atoms with E-state index in [0.717, 1.165) is 43.0 Å². The van der Waals surface area contributed by atoms with Crippen molar-refractivity contribution in [1.29, 1.82) is 0 Å². The van der Waals surface area contributed by atoms with Gasteiger partial charge in [-0.15, -0.1) is 0 Å². The Bertz CT molecular complexity index is 835. The van der Waals surface area contributed by atoms with Crippen LogP contribution in [0.15, 0.2) is 42.6 Å². The third-order valence-corrected chi connectivity index (χ3v) is 6.98. The van der Waals surface area contributed by atoms with Crippen molar-refractivity contribution in [2.75, 3.05) is 38.1 Å². The highest BCUT2D eigenvalue weighted by atomic mass is 16.1. The molecule has 1 atom stereocenters. The van der Waals surface area contributed by atoms with Crippen molar-refractivity contribution < 1.29 is 4.79 Å². The van der Waals surface area contributed by atoms with Gasteiger partial charge in [-0.1, -0.05) is 37.5 Å². The summed E-state index contributed by atoms with van der Waals surface area (Å²) in [4.78, 5) is 21.8. The van der Waals surface area contributed by atoms with Crippen molar-refractivity contribution in [3.63, 3.8) is 0 Å². The molecule has 1 saturated carbocycles. The van der Waals surface area contributed by atoms with E-state index in [9.17, 15) is 4.79 Å². The van der Waals surface area contributed by atoms with Gasteiger partial charge in [0.2, 0.25) is 5.91 Å². The van der Waals surface area contributed by atoms with Gasteiger partial charge in [-0.3, -0.25) is 9.78 Å². The molecule has 2 fully saturated rings. The second-order valence-electron chi connectivity index (χ2n) is 9.31. The maximum atomic E-state index is 12.5. The minimum atomic E-state index is 0.0786. The van der Waals surface area contributed by atoms with E-state index in [4.69, 9.17) is 0 Å². The fourth-order valence-corrected chi connectivity index (χ4v) is 4.85.